The standard InChI is InChI=1S/C27H29F4N5O5/c1-25(2,41)20(35-24(40)27(29,30)31)21(37)33-18(11-14-6-5-7-15(28)10-14)22(38)36-13-26(12-19(36)32)16-8-3-4-9-17(16)34-23(26)39/h3-10,18-20,41H,11-13,32H2,1-2H3,(H,33,37)(H,34,39)(H,35,40)/t18-,19-,20+,26-/m0/s1. The smallest absolute Gasteiger partial charge is 0.388 e. The molecular weight excluding hydrogens is 550 g/mol. The molecule has 0 saturated carbocycles. The van der Waals surface area contributed by atoms with Crippen LogP contribution in [-0.2, 0) is 31.0 Å². The zero-order chi connectivity index (χ0) is 30.3. The van der Waals surface area contributed by atoms with Crippen LogP contribution in [0.15, 0.2) is 48.5 Å². The van der Waals surface area contributed by atoms with Gasteiger partial charge in [-0.15, -0.1) is 0 Å². The van der Waals surface area contributed by atoms with Crippen molar-refractivity contribution in [1.82, 2.24) is 15.5 Å². The molecule has 6 N–H and O–H groups in total. The van der Waals surface area contributed by atoms with E-state index in [9.17, 15) is 41.8 Å². The van der Waals surface area contributed by atoms with Crippen LogP contribution < -0.4 is 21.7 Å². The Balaban J connectivity index is 1.64. The molecule has 2 aromatic rings. The number of alkyl halides is 3. The molecule has 1 saturated heterocycles. The molecule has 41 heavy (non-hydrogen) atoms. The number of fused-ring (bicyclic) bond motifs is 2. The average Bonchev–Trinajstić information content (AvgIpc) is 3.36. The number of hydrogen-bond donors (Lipinski definition) is 5. The highest BCUT2D eigenvalue weighted by molar-refractivity contribution is 6.07. The van der Waals surface area contributed by atoms with E-state index in [2.05, 4.69) is 10.6 Å². The van der Waals surface area contributed by atoms with Gasteiger partial charge in [-0.25, -0.2) is 4.39 Å². The predicted molar refractivity (Wildman–Crippen MR) is 137 cm³/mol. The van der Waals surface area contributed by atoms with E-state index in [0.29, 0.717) is 11.3 Å². The van der Waals surface area contributed by atoms with Gasteiger partial charge in [0, 0.05) is 25.1 Å². The molecule has 0 radical (unpaired) electrons. The second-order valence-corrected chi connectivity index (χ2v) is 10.8. The third-order valence-electron chi connectivity index (χ3n) is 7.25. The fourth-order valence-electron chi connectivity index (χ4n) is 5.25. The molecule has 220 valence electrons. The summed E-state index contributed by atoms with van der Waals surface area (Å²) in [6, 6.07) is 8.38. The Morgan fingerprint density at radius 2 is 1.83 bits per heavy atom. The molecule has 0 aliphatic carbocycles. The number of nitrogens with zero attached hydrogens (tertiary/aromatic N) is 1. The van der Waals surface area contributed by atoms with Gasteiger partial charge in [-0.2, -0.15) is 13.2 Å². The molecule has 4 rings (SSSR count). The van der Waals surface area contributed by atoms with Gasteiger partial charge in [-0.05, 0) is 43.2 Å². The minimum Gasteiger partial charge on any atom is -0.388 e. The predicted octanol–water partition coefficient (Wildman–Crippen LogP) is 1.08. The maximum Gasteiger partial charge on any atom is 0.471 e. The first-order chi connectivity index (χ1) is 19.0. The van der Waals surface area contributed by atoms with Gasteiger partial charge in [0.25, 0.3) is 0 Å². The maximum absolute atomic E-state index is 13.9. The van der Waals surface area contributed by atoms with Crippen molar-refractivity contribution in [3.8, 4) is 0 Å². The number of anilines is 1. The first kappa shape index (κ1) is 29.9. The van der Waals surface area contributed by atoms with Crippen molar-refractivity contribution in [3.63, 3.8) is 0 Å². The second kappa shape index (κ2) is 10.7. The van der Waals surface area contributed by atoms with Crippen LogP contribution in [0.4, 0.5) is 23.2 Å². The summed E-state index contributed by atoms with van der Waals surface area (Å²) in [5.41, 5.74) is 4.42. The first-order valence-electron chi connectivity index (χ1n) is 12.6. The van der Waals surface area contributed by atoms with Crippen LogP contribution in [0, 0.1) is 5.82 Å². The number of rotatable bonds is 7. The van der Waals surface area contributed by atoms with E-state index in [0.717, 1.165) is 26.0 Å². The minimum atomic E-state index is -5.35. The fraction of sp³-hybridized carbons (Fsp3) is 0.407. The molecule has 2 aromatic carbocycles. The topological polar surface area (TPSA) is 154 Å². The van der Waals surface area contributed by atoms with Crippen LogP contribution in [0.3, 0.4) is 0 Å². The van der Waals surface area contributed by atoms with Crippen LogP contribution >= 0.6 is 0 Å². The monoisotopic (exact) mass is 579 g/mol. The Hall–Kier alpha value is -4.04. The summed E-state index contributed by atoms with van der Waals surface area (Å²) in [5, 5.41) is 16.9. The normalized spacial score (nSPS) is 21.7. The third-order valence-corrected chi connectivity index (χ3v) is 7.25. The van der Waals surface area contributed by atoms with E-state index >= 15 is 0 Å². The summed E-state index contributed by atoms with van der Waals surface area (Å²) in [6.07, 6.45) is -6.60. The molecule has 0 bridgehead atoms. The Bertz CT molecular complexity index is 1380. The number of amides is 4. The minimum absolute atomic E-state index is 0.0517. The van der Waals surface area contributed by atoms with Crippen LogP contribution in [0.1, 0.15) is 31.4 Å². The largest absolute Gasteiger partial charge is 0.471 e. The molecule has 2 heterocycles. The number of nitrogens with two attached hydrogens (primary N) is 1. The summed E-state index contributed by atoms with van der Waals surface area (Å²) >= 11 is 0. The van der Waals surface area contributed by atoms with Crippen molar-refractivity contribution in [2.24, 2.45) is 5.73 Å². The number of likely N-dealkylation sites (tertiary alicyclic amines) is 1. The molecule has 10 nitrogen and oxygen atoms in total. The van der Waals surface area contributed by atoms with Crippen LogP contribution in [0.2, 0.25) is 0 Å². The van der Waals surface area contributed by atoms with Gasteiger partial charge >= 0.3 is 12.1 Å². The van der Waals surface area contributed by atoms with Crippen molar-refractivity contribution >= 4 is 29.3 Å². The quantitative estimate of drug-likeness (QED) is 0.310. The van der Waals surface area contributed by atoms with E-state index < -0.39 is 59.0 Å². The molecule has 2 aliphatic heterocycles. The number of carbonyl (C=O) groups excluding carboxylic acids is 4. The number of nitrogens with one attached hydrogen (secondary N) is 3. The Labute approximate surface area is 232 Å². The summed E-state index contributed by atoms with van der Waals surface area (Å²) in [7, 11) is 0. The zero-order valence-corrected chi connectivity index (χ0v) is 22.1. The number of benzene rings is 2. The van der Waals surface area contributed by atoms with Gasteiger partial charge in [0.15, 0.2) is 0 Å². The summed E-state index contributed by atoms with van der Waals surface area (Å²) in [4.78, 5) is 52.9. The average molecular weight is 580 g/mol. The summed E-state index contributed by atoms with van der Waals surface area (Å²) in [6.45, 7) is 1.85. The van der Waals surface area contributed by atoms with Gasteiger partial charge in [0.2, 0.25) is 17.7 Å². The molecule has 1 fully saturated rings. The van der Waals surface area contributed by atoms with Gasteiger partial charge in [0.1, 0.15) is 17.9 Å². The Morgan fingerprint density at radius 1 is 1.15 bits per heavy atom. The van der Waals surface area contributed by atoms with Crippen molar-refractivity contribution in [2.45, 2.75) is 62.1 Å². The summed E-state index contributed by atoms with van der Waals surface area (Å²) in [5.74, 6) is -5.56. The number of para-hydroxylation sites is 1. The van der Waals surface area contributed by atoms with Crippen molar-refractivity contribution in [1.29, 1.82) is 0 Å². The molecule has 4 amide bonds. The zero-order valence-electron chi connectivity index (χ0n) is 22.1. The van der Waals surface area contributed by atoms with Crippen molar-refractivity contribution < 1.29 is 41.8 Å². The Morgan fingerprint density at radius 3 is 2.46 bits per heavy atom. The number of carbonyl (C=O) groups is 4. The number of aliphatic hydroxyl groups is 1. The number of hydrogen-bond acceptors (Lipinski definition) is 6. The van der Waals surface area contributed by atoms with Crippen LogP contribution in [0.5, 0.6) is 0 Å². The van der Waals surface area contributed by atoms with Crippen LogP contribution in [-0.4, -0.2) is 70.2 Å². The van der Waals surface area contributed by atoms with E-state index in [1.54, 1.807) is 24.3 Å². The molecule has 14 heteroatoms. The van der Waals surface area contributed by atoms with Gasteiger partial charge in [0.05, 0.1) is 17.2 Å². The van der Waals surface area contributed by atoms with Crippen LogP contribution in [0.25, 0.3) is 0 Å². The molecular formula is C27H29F4N5O5. The van der Waals surface area contributed by atoms with Gasteiger partial charge in [-0.1, -0.05) is 30.3 Å². The van der Waals surface area contributed by atoms with Gasteiger partial charge in [-0.3, -0.25) is 19.2 Å². The summed E-state index contributed by atoms with van der Waals surface area (Å²) < 4.78 is 52.7. The lowest BCUT2D eigenvalue weighted by molar-refractivity contribution is -0.176. The number of halogens is 4. The molecule has 1 spiro atoms. The molecule has 0 unspecified atom stereocenters. The third kappa shape index (κ3) is 6.03. The Kier molecular flexibility index (Phi) is 7.84. The van der Waals surface area contributed by atoms with E-state index in [1.165, 1.54) is 22.3 Å². The lowest BCUT2D eigenvalue weighted by Crippen LogP contribution is -2.63. The highest BCUT2D eigenvalue weighted by atomic mass is 19.4. The van der Waals surface area contributed by atoms with E-state index in [1.807, 2.05) is 0 Å². The first-order valence-corrected chi connectivity index (χ1v) is 12.6. The molecule has 0 aromatic heterocycles. The van der Waals surface area contributed by atoms with Crippen molar-refractivity contribution in [3.05, 3.63) is 65.5 Å². The fourth-order valence-corrected chi connectivity index (χ4v) is 5.25. The molecule has 4 atom stereocenters. The SMILES string of the molecule is CC(C)(O)[C@H](NC(=O)C(F)(F)F)C(=O)N[C@@H](Cc1cccc(F)c1)C(=O)N1C[C@]2(C[C@H]1N)C(=O)Nc1ccccc12. The highest BCUT2D eigenvalue weighted by Gasteiger charge is 2.55. The van der Waals surface area contributed by atoms with Gasteiger partial charge < -0.3 is 31.7 Å². The highest BCUT2D eigenvalue weighted by Crippen LogP contribution is 2.45. The van der Waals surface area contributed by atoms with E-state index in [4.69, 9.17) is 5.73 Å². The lowest BCUT2D eigenvalue weighted by Gasteiger charge is -2.32. The lowest BCUT2D eigenvalue weighted by atomic mass is 9.80. The molecule has 2 aliphatic rings. The second-order valence-electron chi connectivity index (χ2n) is 10.8. The van der Waals surface area contributed by atoms with E-state index in [-0.39, 0.29) is 30.9 Å². The van der Waals surface area contributed by atoms with Crippen molar-refractivity contribution in [2.75, 3.05) is 11.9 Å². The maximum atomic E-state index is 13.9.